The van der Waals surface area contributed by atoms with Gasteiger partial charge in [-0.3, -0.25) is 14.9 Å². The van der Waals surface area contributed by atoms with E-state index in [1.807, 2.05) is 24.6 Å². The number of hydrogen-bond donors (Lipinski definition) is 1. The lowest BCUT2D eigenvalue weighted by molar-refractivity contribution is -0.384. The molecule has 25 heavy (non-hydrogen) atoms. The Bertz CT molecular complexity index is 775. The van der Waals surface area contributed by atoms with Crippen LogP contribution in [0.2, 0.25) is 0 Å². The molecule has 2 aromatic rings. The lowest BCUT2D eigenvalue weighted by atomic mass is 10.2. The van der Waals surface area contributed by atoms with Crippen molar-refractivity contribution in [2.45, 2.75) is 37.2 Å². The van der Waals surface area contributed by atoms with Crippen molar-refractivity contribution in [2.75, 3.05) is 12.4 Å². The van der Waals surface area contributed by atoms with Gasteiger partial charge in [0.1, 0.15) is 5.75 Å². The summed E-state index contributed by atoms with van der Waals surface area (Å²) in [5.41, 5.74) is 0.146. The van der Waals surface area contributed by atoms with Crippen molar-refractivity contribution in [3.63, 3.8) is 0 Å². The van der Waals surface area contributed by atoms with Gasteiger partial charge in [-0.2, -0.15) is 0 Å². The first kappa shape index (κ1) is 18.8. The van der Waals surface area contributed by atoms with Crippen LogP contribution in [0, 0.1) is 10.1 Å². The van der Waals surface area contributed by atoms with Crippen LogP contribution in [0.1, 0.15) is 26.8 Å². The molecule has 1 aromatic heterocycles. The van der Waals surface area contributed by atoms with Gasteiger partial charge in [-0.1, -0.05) is 11.8 Å². The van der Waals surface area contributed by atoms with Crippen molar-refractivity contribution < 1.29 is 14.5 Å². The zero-order valence-electron chi connectivity index (χ0n) is 14.4. The predicted molar refractivity (Wildman–Crippen MR) is 96.2 cm³/mol. The summed E-state index contributed by atoms with van der Waals surface area (Å²) in [7, 11) is 1.44. The normalized spacial score (nSPS) is 12.0. The molecule has 0 bridgehead atoms. The van der Waals surface area contributed by atoms with Gasteiger partial charge < -0.3 is 14.6 Å². The fourth-order valence-electron chi connectivity index (χ4n) is 2.14. The van der Waals surface area contributed by atoms with E-state index in [9.17, 15) is 14.9 Å². The van der Waals surface area contributed by atoms with Crippen LogP contribution in [-0.2, 0) is 4.79 Å². The van der Waals surface area contributed by atoms with Crippen LogP contribution >= 0.6 is 11.8 Å². The number of benzene rings is 1. The Morgan fingerprint density at radius 2 is 2.12 bits per heavy atom. The minimum absolute atomic E-state index is 0.119. The molecule has 0 unspecified atom stereocenters. The van der Waals surface area contributed by atoms with E-state index in [1.165, 1.54) is 37.1 Å². The fourth-order valence-corrected chi connectivity index (χ4v) is 3.13. The molecule has 0 spiro atoms. The second-order valence-corrected chi connectivity index (χ2v) is 6.91. The molecule has 134 valence electrons. The van der Waals surface area contributed by atoms with Crippen molar-refractivity contribution in [3.05, 3.63) is 40.7 Å². The fraction of sp³-hybridized carbons (Fsp3) is 0.375. The molecule has 8 nitrogen and oxygen atoms in total. The summed E-state index contributed by atoms with van der Waals surface area (Å²) in [6, 6.07) is 4.30. The van der Waals surface area contributed by atoms with Gasteiger partial charge in [0.05, 0.1) is 23.0 Å². The number of ether oxygens (including phenoxy) is 1. The summed E-state index contributed by atoms with van der Waals surface area (Å²) in [4.78, 5) is 27.1. The molecule has 1 N–H and O–H groups in total. The second-order valence-electron chi connectivity index (χ2n) is 5.60. The number of nitro benzene ring substituents is 1. The Labute approximate surface area is 149 Å². The Morgan fingerprint density at radius 3 is 2.72 bits per heavy atom. The van der Waals surface area contributed by atoms with Gasteiger partial charge in [0, 0.05) is 30.6 Å². The molecular weight excluding hydrogens is 344 g/mol. The van der Waals surface area contributed by atoms with Crippen LogP contribution in [0.4, 0.5) is 11.4 Å². The highest BCUT2D eigenvalue weighted by Crippen LogP contribution is 2.30. The first-order valence-corrected chi connectivity index (χ1v) is 8.54. The number of anilines is 1. The van der Waals surface area contributed by atoms with Crippen LogP contribution in [0.15, 0.2) is 35.7 Å². The summed E-state index contributed by atoms with van der Waals surface area (Å²) in [5, 5.41) is 13.9. The number of carbonyl (C=O) groups is 1. The smallest absolute Gasteiger partial charge is 0.271 e. The van der Waals surface area contributed by atoms with E-state index in [0.717, 1.165) is 5.16 Å². The second kappa shape index (κ2) is 8.02. The molecule has 0 aliphatic heterocycles. The number of thioether (sulfide) groups is 1. The number of aromatic nitrogens is 2. The molecule has 1 aromatic carbocycles. The molecule has 0 aliphatic rings. The first-order valence-electron chi connectivity index (χ1n) is 7.66. The van der Waals surface area contributed by atoms with Crippen molar-refractivity contribution in [2.24, 2.45) is 0 Å². The summed E-state index contributed by atoms with van der Waals surface area (Å²) < 4.78 is 7.13. The third-order valence-electron chi connectivity index (χ3n) is 3.49. The van der Waals surface area contributed by atoms with Gasteiger partial charge in [-0.15, -0.1) is 0 Å². The third kappa shape index (κ3) is 4.50. The van der Waals surface area contributed by atoms with Gasteiger partial charge in [-0.05, 0) is 26.8 Å². The van der Waals surface area contributed by atoms with Crippen LogP contribution < -0.4 is 10.1 Å². The van der Waals surface area contributed by atoms with Crippen molar-refractivity contribution in [1.29, 1.82) is 0 Å². The lowest BCUT2D eigenvalue weighted by Crippen LogP contribution is -2.23. The predicted octanol–water partition coefficient (Wildman–Crippen LogP) is 3.50. The molecule has 0 saturated heterocycles. The summed E-state index contributed by atoms with van der Waals surface area (Å²) in [5.74, 6) is 0.0712. The monoisotopic (exact) mass is 364 g/mol. The summed E-state index contributed by atoms with van der Waals surface area (Å²) >= 11 is 1.32. The Hall–Kier alpha value is -2.55. The number of nitrogens with one attached hydrogen (secondary N) is 1. The summed E-state index contributed by atoms with van der Waals surface area (Å²) in [6.45, 7) is 5.82. The first-order chi connectivity index (χ1) is 11.8. The van der Waals surface area contributed by atoms with Gasteiger partial charge in [-0.25, -0.2) is 4.98 Å². The Morgan fingerprint density at radius 1 is 1.40 bits per heavy atom. The lowest BCUT2D eigenvalue weighted by Gasteiger charge is -2.16. The molecule has 2 rings (SSSR count). The maximum absolute atomic E-state index is 12.5. The highest BCUT2D eigenvalue weighted by molar-refractivity contribution is 8.00. The number of non-ortho nitro benzene ring substituents is 1. The molecule has 0 radical (unpaired) electrons. The molecule has 1 heterocycles. The van der Waals surface area contributed by atoms with Crippen molar-refractivity contribution >= 4 is 29.0 Å². The van der Waals surface area contributed by atoms with Gasteiger partial charge in [0.15, 0.2) is 5.16 Å². The van der Waals surface area contributed by atoms with Crippen LogP contribution in [-0.4, -0.2) is 32.7 Å². The molecule has 0 aliphatic carbocycles. The van der Waals surface area contributed by atoms with E-state index in [1.54, 1.807) is 13.1 Å². The maximum atomic E-state index is 12.5. The average molecular weight is 364 g/mol. The molecule has 0 saturated carbocycles. The molecule has 9 heteroatoms. The molecule has 1 atom stereocenters. The highest BCUT2D eigenvalue weighted by atomic mass is 32.2. The number of carbonyl (C=O) groups excluding carboxylic acids is 1. The van der Waals surface area contributed by atoms with E-state index in [4.69, 9.17) is 4.74 Å². The molecule has 1 amide bonds. The van der Waals surface area contributed by atoms with Crippen LogP contribution in [0.3, 0.4) is 0 Å². The third-order valence-corrected chi connectivity index (χ3v) is 4.59. The van der Waals surface area contributed by atoms with Gasteiger partial charge >= 0.3 is 0 Å². The van der Waals surface area contributed by atoms with E-state index in [2.05, 4.69) is 10.3 Å². The topological polar surface area (TPSA) is 99.3 Å². The van der Waals surface area contributed by atoms with E-state index < -0.39 is 10.2 Å². The number of imidazole rings is 1. The summed E-state index contributed by atoms with van der Waals surface area (Å²) in [6.07, 6.45) is 3.55. The SMILES string of the molecule is COc1ccc([N+](=O)[O-])cc1NC(=O)[C@@H](C)Sc1nccn1C(C)C. The number of hydrogen-bond acceptors (Lipinski definition) is 6. The number of nitro groups is 1. The maximum Gasteiger partial charge on any atom is 0.271 e. The highest BCUT2D eigenvalue weighted by Gasteiger charge is 2.20. The Kier molecular flexibility index (Phi) is 6.02. The molecular formula is C16H20N4O4S. The zero-order chi connectivity index (χ0) is 18.6. The minimum atomic E-state index is -0.521. The quantitative estimate of drug-likeness (QED) is 0.458. The average Bonchev–Trinajstić information content (AvgIpc) is 3.02. The largest absolute Gasteiger partial charge is 0.495 e. The van der Waals surface area contributed by atoms with Crippen molar-refractivity contribution in [3.8, 4) is 5.75 Å². The van der Waals surface area contributed by atoms with Gasteiger partial charge in [0.2, 0.25) is 5.91 Å². The standard InChI is InChI=1S/C16H20N4O4S/c1-10(2)19-8-7-17-16(19)25-11(3)15(21)18-13-9-12(20(22)23)5-6-14(13)24-4/h5-11H,1-4H3,(H,18,21)/t11-/m1/s1. The van der Waals surface area contributed by atoms with E-state index >= 15 is 0 Å². The number of amides is 1. The number of methoxy groups -OCH3 is 1. The van der Waals surface area contributed by atoms with Crippen molar-refractivity contribution in [1.82, 2.24) is 9.55 Å². The zero-order valence-corrected chi connectivity index (χ0v) is 15.2. The molecule has 0 fully saturated rings. The minimum Gasteiger partial charge on any atom is -0.495 e. The van der Waals surface area contributed by atoms with Gasteiger partial charge in [0.25, 0.3) is 5.69 Å². The number of rotatable bonds is 7. The Balaban J connectivity index is 2.14. The van der Waals surface area contributed by atoms with E-state index in [-0.39, 0.29) is 23.3 Å². The van der Waals surface area contributed by atoms with Crippen LogP contribution in [0.5, 0.6) is 5.75 Å². The number of nitrogens with zero attached hydrogens (tertiary/aromatic N) is 3. The van der Waals surface area contributed by atoms with Crippen LogP contribution in [0.25, 0.3) is 0 Å². The van der Waals surface area contributed by atoms with E-state index in [0.29, 0.717) is 5.75 Å².